The number of nitrogens with one attached hydrogen (secondary N) is 3. The number of hydroxylamine groups is 1. The monoisotopic (exact) mass is 410 g/mol. The maximum absolute atomic E-state index is 12.6. The van der Waals surface area contributed by atoms with E-state index in [-0.39, 0.29) is 11.8 Å². The summed E-state index contributed by atoms with van der Waals surface area (Å²) in [5.74, 6) is 0.398. The summed E-state index contributed by atoms with van der Waals surface area (Å²) in [7, 11) is 1.38. The number of carbonyl (C=O) groups excluding carboxylic acids is 2. The molecule has 0 aliphatic heterocycles. The van der Waals surface area contributed by atoms with E-state index in [1.54, 1.807) is 22.8 Å². The second kappa shape index (κ2) is 8.91. The number of carbonyl (C=O) groups is 2. The lowest BCUT2D eigenvalue weighted by molar-refractivity contribution is 0.0537. The second-order valence-electron chi connectivity index (χ2n) is 7.46. The summed E-state index contributed by atoms with van der Waals surface area (Å²) >= 11 is 0. The molecule has 0 bridgehead atoms. The van der Waals surface area contributed by atoms with Crippen LogP contribution in [0, 0.1) is 19.8 Å². The molecule has 0 saturated carbocycles. The Hall–Kier alpha value is -3.46. The Morgan fingerprint density at radius 3 is 2.67 bits per heavy atom. The second-order valence-corrected chi connectivity index (χ2v) is 7.46. The minimum Gasteiger partial charge on any atom is -0.352 e. The molecule has 3 aromatic rings. The lowest BCUT2D eigenvalue weighted by Crippen LogP contribution is -2.27. The standard InChI is InChI=1S/C21H26N6O3/c1-12(2)9-22-21(29)16-10-27-18(14(16)4)19(23-11-24-27)25-17-8-15(7-6-13(17)3)20(28)26-30-5/h6-8,10-12H,9H2,1-5H3,(H,22,29)(H,26,28)(H,23,24,25). The Labute approximate surface area is 174 Å². The zero-order valence-electron chi connectivity index (χ0n) is 17.7. The van der Waals surface area contributed by atoms with E-state index in [1.807, 2.05) is 33.8 Å². The van der Waals surface area contributed by atoms with Gasteiger partial charge in [-0.1, -0.05) is 19.9 Å². The van der Waals surface area contributed by atoms with Crippen molar-refractivity contribution in [1.29, 1.82) is 0 Å². The fourth-order valence-corrected chi connectivity index (χ4v) is 3.05. The van der Waals surface area contributed by atoms with Gasteiger partial charge in [-0.2, -0.15) is 5.10 Å². The molecule has 0 unspecified atom stereocenters. The summed E-state index contributed by atoms with van der Waals surface area (Å²) in [6, 6.07) is 5.27. The highest BCUT2D eigenvalue weighted by Crippen LogP contribution is 2.27. The van der Waals surface area contributed by atoms with Crippen LogP contribution in [0.15, 0.2) is 30.7 Å². The van der Waals surface area contributed by atoms with Crippen LogP contribution in [0.3, 0.4) is 0 Å². The first-order chi connectivity index (χ1) is 14.3. The normalized spacial score (nSPS) is 11.0. The van der Waals surface area contributed by atoms with Crippen molar-refractivity contribution in [2.24, 2.45) is 5.92 Å². The van der Waals surface area contributed by atoms with Gasteiger partial charge >= 0.3 is 0 Å². The summed E-state index contributed by atoms with van der Waals surface area (Å²) in [5, 5.41) is 10.4. The third-order valence-corrected chi connectivity index (χ3v) is 4.69. The zero-order chi connectivity index (χ0) is 21.8. The van der Waals surface area contributed by atoms with Crippen LogP contribution in [-0.2, 0) is 4.84 Å². The summed E-state index contributed by atoms with van der Waals surface area (Å²) in [4.78, 5) is 33.7. The molecule has 2 aromatic heterocycles. The fourth-order valence-electron chi connectivity index (χ4n) is 3.05. The van der Waals surface area contributed by atoms with Gasteiger partial charge in [0.1, 0.15) is 11.8 Å². The third kappa shape index (κ3) is 4.41. The van der Waals surface area contributed by atoms with Gasteiger partial charge in [0, 0.05) is 24.0 Å². The van der Waals surface area contributed by atoms with Crippen LogP contribution in [0.25, 0.3) is 5.52 Å². The van der Waals surface area contributed by atoms with Crippen LogP contribution in [0.5, 0.6) is 0 Å². The van der Waals surface area contributed by atoms with Crippen molar-refractivity contribution in [2.45, 2.75) is 27.7 Å². The molecule has 0 aliphatic rings. The quantitative estimate of drug-likeness (QED) is 0.517. The number of hydrogen-bond donors (Lipinski definition) is 3. The highest BCUT2D eigenvalue weighted by Gasteiger charge is 2.18. The molecular formula is C21H26N6O3. The van der Waals surface area contributed by atoms with Gasteiger partial charge in [0.25, 0.3) is 11.8 Å². The van der Waals surface area contributed by atoms with Gasteiger partial charge in [-0.25, -0.2) is 15.0 Å². The molecule has 0 radical (unpaired) electrons. The highest BCUT2D eigenvalue weighted by molar-refractivity contribution is 5.99. The van der Waals surface area contributed by atoms with Gasteiger partial charge in [0.2, 0.25) is 0 Å². The SMILES string of the molecule is CONC(=O)c1ccc(C)c(Nc2ncnn3cc(C(=O)NCC(C)C)c(C)c23)c1. The maximum atomic E-state index is 12.6. The van der Waals surface area contributed by atoms with Crippen LogP contribution in [-0.4, -0.2) is 40.1 Å². The van der Waals surface area contributed by atoms with E-state index in [4.69, 9.17) is 4.84 Å². The molecule has 0 aliphatic carbocycles. The molecule has 3 rings (SSSR count). The van der Waals surface area contributed by atoms with Gasteiger partial charge in [-0.15, -0.1) is 0 Å². The Morgan fingerprint density at radius 2 is 1.97 bits per heavy atom. The molecule has 2 heterocycles. The Kier molecular flexibility index (Phi) is 6.31. The number of nitrogens with zero attached hydrogens (tertiary/aromatic N) is 3. The topological polar surface area (TPSA) is 110 Å². The number of rotatable bonds is 7. The van der Waals surface area contributed by atoms with Crippen molar-refractivity contribution in [3.8, 4) is 0 Å². The van der Waals surface area contributed by atoms with Gasteiger partial charge in [0.15, 0.2) is 5.82 Å². The Balaban J connectivity index is 1.97. The van der Waals surface area contributed by atoms with E-state index in [1.165, 1.54) is 13.4 Å². The van der Waals surface area contributed by atoms with E-state index in [9.17, 15) is 9.59 Å². The maximum Gasteiger partial charge on any atom is 0.274 e. The minimum absolute atomic E-state index is 0.146. The third-order valence-electron chi connectivity index (χ3n) is 4.69. The predicted octanol–water partition coefficient (Wildman–Crippen LogP) is 2.77. The van der Waals surface area contributed by atoms with Crippen molar-refractivity contribution in [3.63, 3.8) is 0 Å². The van der Waals surface area contributed by atoms with Gasteiger partial charge in [0.05, 0.1) is 12.7 Å². The van der Waals surface area contributed by atoms with Crippen LogP contribution in [0.4, 0.5) is 11.5 Å². The predicted molar refractivity (Wildman–Crippen MR) is 114 cm³/mol. The van der Waals surface area contributed by atoms with Crippen molar-refractivity contribution in [3.05, 3.63) is 53.0 Å². The number of fused-ring (bicyclic) bond motifs is 1. The molecule has 9 nitrogen and oxygen atoms in total. The van der Waals surface area contributed by atoms with Crippen molar-refractivity contribution >= 4 is 28.8 Å². The first-order valence-corrected chi connectivity index (χ1v) is 9.64. The molecule has 0 spiro atoms. The number of benzene rings is 1. The van der Waals surface area contributed by atoms with Crippen molar-refractivity contribution in [1.82, 2.24) is 25.4 Å². The van der Waals surface area contributed by atoms with E-state index in [2.05, 4.69) is 26.2 Å². The summed E-state index contributed by atoms with van der Waals surface area (Å²) in [6.45, 7) is 8.47. The molecule has 9 heteroatoms. The average Bonchev–Trinajstić information content (AvgIpc) is 3.05. The lowest BCUT2D eigenvalue weighted by atomic mass is 10.1. The summed E-state index contributed by atoms with van der Waals surface area (Å²) in [6.07, 6.45) is 3.11. The van der Waals surface area contributed by atoms with Gasteiger partial charge < -0.3 is 10.6 Å². The lowest BCUT2D eigenvalue weighted by Gasteiger charge is -2.12. The zero-order valence-corrected chi connectivity index (χ0v) is 17.7. The van der Waals surface area contributed by atoms with Gasteiger partial charge in [-0.3, -0.25) is 14.4 Å². The van der Waals surface area contributed by atoms with Crippen LogP contribution < -0.4 is 16.1 Å². The Morgan fingerprint density at radius 1 is 1.20 bits per heavy atom. The van der Waals surface area contributed by atoms with E-state index in [0.717, 1.165) is 11.1 Å². The number of aryl methyl sites for hydroxylation is 2. The smallest absolute Gasteiger partial charge is 0.274 e. The molecule has 3 N–H and O–H groups in total. The van der Waals surface area contributed by atoms with Crippen LogP contribution >= 0.6 is 0 Å². The largest absolute Gasteiger partial charge is 0.352 e. The summed E-state index contributed by atoms with van der Waals surface area (Å²) in [5.41, 5.74) is 6.40. The molecule has 0 atom stereocenters. The first kappa shape index (κ1) is 21.3. The van der Waals surface area contributed by atoms with E-state index < -0.39 is 0 Å². The number of hydrogen-bond acceptors (Lipinski definition) is 6. The van der Waals surface area contributed by atoms with Crippen molar-refractivity contribution in [2.75, 3.05) is 19.0 Å². The highest BCUT2D eigenvalue weighted by atomic mass is 16.6. The molecular weight excluding hydrogens is 384 g/mol. The molecule has 158 valence electrons. The molecule has 0 fully saturated rings. The molecule has 0 saturated heterocycles. The summed E-state index contributed by atoms with van der Waals surface area (Å²) < 4.78 is 1.63. The van der Waals surface area contributed by atoms with Gasteiger partial charge in [-0.05, 0) is 43.0 Å². The number of amides is 2. The van der Waals surface area contributed by atoms with E-state index >= 15 is 0 Å². The Bertz CT molecular complexity index is 1090. The molecule has 30 heavy (non-hydrogen) atoms. The minimum atomic E-state index is -0.351. The molecule has 1 aromatic carbocycles. The number of anilines is 2. The fraction of sp³-hybridized carbons (Fsp3) is 0.333. The van der Waals surface area contributed by atoms with Crippen LogP contribution in [0.2, 0.25) is 0 Å². The van der Waals surface area contributed by atoms with Crippen LogP contribution in [0.1, 0.15) is 45.7 Å². The average molecular weight is 410 g/mol. The van der Waals surface area contributed by atoms with E-state index in [0.29, 0.717) is 40.6 Å². The number of aromatic nitrogens is 3. The molecule has 2 amide bonds. The first-order valence-electron chi connectivity index (χ1n) is 9.64. The van der Waals surface area contributed by atoms with Crippen molar-refractivity contribution < 1.29 is 14.4 Å².